The Labute approximate surface area is 146 Å². The van der Waals surface area contributed by atoms with E-state index < -0.39 is 0 Å². The SMILES string of the molecule is COc1ccc(Br)c(CC(NN)c2cc(Br)ccc2Cl)c1. The molecule has 0 aromatic heterocycles. The van der Waals surface area contributed by atoms with Gasteiger partial charge in [0.1, 0.15) is 5.75 Å². The first-order chi connectivity index (χ1) is 10.0. The number of nitrogens with two attached hydrogens (primary N) is 1. The maximum Gasteiger partial charge on any atom is 0.119 e. The van der Waals surface area contributed by atoms with Crippen molar-refractivity contribution in [3.05, 3.63) is 61.5 Å². The molecule has 6 heteroatoms. The Bertz CT molecular complexity index is 637. The van der Waals surface area contributed by atoms with Crippen LogP contribution in [0.3, 0.4) is 0 Å². The quantitative estimate of drug-likeness (QED) is 0.533. The van der Waals surface area contributed by atoms with Crippen molar-refractivity contribution >= 4 is 43.5 Å². The third kappa shape index (κ3) is 4.20. The minimum atomic E-state index is -0.0987. The summed E-state index contributed by atoms with van der Waals surface area (Å²) in [6.07, 6.45) is 0.685. The van der Waals surface area contributed by atoms with Gasteiger partial charge in [0.25, 0.3) is 0 Å². The second-order valence-corrected chi connectivity index (χ2v) is 6.72. The molecule has 0 saturated carbocycles. The fraction of sp³-hybridized carbons (Fsp3) is 0.200. The molecule has 0 heterocycles. The van der Waals surface area contributed by atoms with Gasteiger partial charge in [0, 0.05) is 14.0 Å². The van der Waals surface area contributed by atoms with Gasteiger partial charge < -0.3 is 4.74 Å². The van der Waals surface area contributed by atoms with Gasteiger partial charge in [-0.2, -0.15) is 0 Å². The molecule has 0 bridgehead atoms. The molecule has 112 valence electrons. The number of benzene rings is 2. The third-order valence-electron chi connectivity index (χ3n) is 3.21. The number of hydrazine groups is 1. The highest BCUT2D eigenvalue weighted by molar-refractivity contribution is 9.10. The summed E-state index contributed by atoms with van der Waals surface area (Å²) >= 11 is 13.3. The number of rotatable bonds is 5. The van der Waals surface area contributed by atoms with Crippen LogP contribution in [0.25, 0.3) is 0 Å². The Kier molecular flexibility index (Phi) is 6.08. The minimum absolute atomic E-state index is 0.0987. The molecule has 0 amide bonds. The third-order valence-corrected chi connectivity index (χ3v) is 4.82. The highest BCUT2D eigenvalue weighted by atomic mass is 79.9. The van der Waals surface area contributed by atoms with Gasteiger partial charge in [-0.1, -0.05) is 43.5 Å². The predicted octanol–water partition coefficient (Wildman–Crippen LogP) is 4.62. The average Bonchev–Trinajstić information content (AvgIpc) is 2.49. The molecular formula is C15H15Br2ClN2O. The molecule has 3 nitrogen and oxygen atoms in total. The van der Waals surface area contributed by atoms with Gasteiger partial charge in [0.2, 0.25) is 0 Å². The number of nitrogens with one attached hydrogen (secondary N) is 1. The molecule has 0 fully saturated rings. The standard InChI is InChI=1S/C15H15Br2ClN2O/c1-21-11-3-4-13(17)9(6-11)7-15(20-19)12-8-10(16)2-5-14(12)18/h2-6,8,15,20H,7,19H2,1H3. The maximum atomic E-state index is 6.28. The molecule has 0 saturated heterocycles. The van der Waals surface area contributed by atoms with Crippen molar-refractivity contribution in [1.82, 2.24) is 5.43 Å². The van der Waals surface area contributed by atoms with Crippen LogP contribution in [0.15, 0.2) is 45.3 Å². The summed E-state index contributed by atoms with van der Waals surface area (Å²) in [5.74, 6) is 6.53. The highest BCUT2D eigenvalue weighted by Crippen LogP contribution is 2.31. The fourth-order valence-corrected chi connectivity index (χ4v) is 3.13. The van der Waals surface area contributed by atoms with E-state index in [4.69, 9.17) is 22.2 Å². The second-order valence-electron chi connectivity index (χ2n) is 4.55. The van der Waals surface area contributed by atoms with Crippen LogP contribution >= 0.6 is 43.5 Å². The lowest BCUT2D eigenvalue weighted by Crippen LogP contribution is -2.30. The van der Waals surface area contributed by atoms with Crippen molar-refractivity contribution in [2.24, 2.45) is 5.84 Å². The van der Waals surface area contributed by atoms with E-state index in [1.807, 2.05) is 36.4 Å². The summed E-state index contributed by atoms with van der Waals surface area (Å²) in [5.41, 5.74) is 4.87. The molecule has 2 aromatic carbocycles. The Morgan fingerprint density at radius 1 is 1.24 bits per heavy atom. The van der Waals surface area contributed by atoms with E-state index in [0.29, 0.717) is 11.4 Å². The predicted molar refractivity (Wildman–Crippen MR) is 93.6 cm³/mol. The first kappa shape index (κ1) is 16.8. The van der Waals surface area contributed by atoms with Gasteiger partial charge in [-0.25, -0.2) is 0 Å². The Balaban J connectivity index is 2.33. The van der Waals surface area contributed by atoms with Gasteiger partial charge in [0.05, 0.1) is 13.2 Å². The number of ether oxygens (including phenoxy) is 1. The van der Waals surface area contributed by atoms with Crippen molar-refractivity contribution in [1.29, 1.82) is 0 Å². The summed E-state index contributed by atoms with van der Waals surface area (Å²) < 4.78 is 7.24. The van der Waals surface area contributed by atoms with Gasteiger partial charge in [-0.15, -0.1) is 0 Å². The van der Waals surface area contributed by atoms with E-state index in [2.05, 4.69) is 37.3 Å². The van der Waals surface area contributed by atoms with Crippen LogP contribution in [0, 0.1) is 0 Å². The van der Waals surface area contributed by atoms with E-state index in [-0.39, 0.29) is 6.04 Å². The number of hydrogen-bond donors (Lipinski definition) is 2. The largest absolute Gasteiger partial charge is 0.497 e. The maximum absolute atomic E-state index is 6.28. The van der Waals surface area contributed by atoms with Crippen molar-refractivity contribution in [3.63, 3.8) is 0 Å². The first-order valence-corrected chi connectivity index (χ1v) is 8.25. The Morgan fingerprint density at radius 2 is 2.00 bits per heavy atom. The van der Waals surface area contributed by atoms with Crippen LogP contribution in [0.1, 0.15) is 17.2 Å². The van der Waals surface area contributed by atoms with Crippen molar-refractivity contribution in [2.45, 2.75) is 12.5 Å². The van der Waals surface area contributed by atoms with Crippen LogP contribution in [0.2, 0.25) is 5.02 Å². The fourth-order valence-electron chi connectivity index (χ4n) is 2.09. The molecule has 2 rings (SSSR count). The summed E-state index contributed by atoms with van der Waals surface area (Å²) in [7, 11) is 1.65. The molecule has 1 unspecified atom stereocenters. The molecule has 0 aliphatic heterocycles. The van der Waals surface area contributed by atoms with Crippen LogP contribution in [0.4, 0.5) is 0 Å². The van der Waals surface area contributed by atoms with E-state index in [1.54, 1.807) is 7.11 Å². The first-order valence-electron chi connectivity index (χ1n) is 6.28. The van der Waals surface area contributed by atoms with Crippen LogP contribution in [-0.2, 0) is 6.42 Å². The lowest BCUT2D eigenvalue weighted by Gasteiger charge is -2.19. The molecule has 0 aliphatic rings. The lowest BCUT2D eigenvalue weighted by molar-refractivity contribution is 0.413. The number of halogens is 3. The van der Waals surface area contributed by atoms with E-state index in [1.165, 1.54) is 0 Å². The minimum Gasteiger partial charge on any atom is -0.497 e. The van der Waals surface area contributed by atoms with Gasteiger partial charge in [0.15, 0.2) is 0 Å². The van der Waals surface area contributed by atoms with Crippen LogP contribution in [0.5, 0.6) is 5.75 Å². The molecule has 0 aliphatic carbocycles. The van der Waals surface area contributed by atoms with E-state index in [9.17, 15) is 0 Å². The summed E-state index contributed by atoms with van der Waals surface area (Å²) in [5, 5.41) is 0.681. The van der Waals surface area contributed by atoms with Crippen molar-refractivity contribution < 1.29 is 4.74 Å². The number of hydrogen-bond acceptors (Lipinski definition) is 3. The lowest BCUT2D eigenvalue weighted by atomic mass is 9.99. The molecule has 1 atom stereocenters. The zero-order chi connectivity index (χ0) is 15.4. The summed E-state index contributed by atoms with van der Waals surface area (Å²) in [4.78, 5) is 0. The zero-order valence-electron chi connectivity index (χ0n) is 11.4. The molecule has 21 heavy (non-hydrogen) atoms. The number of methoxy groups -OCH3 is 1. The average molecular weight is 435 g/mol. The monoisotopic (exact) mass is 432 g/mol. The topological polar surface area (TPSA) is 47.3 Å². The van der Waals surface area contributed by atoms with Gasteiger partial charge in [-0.05, 0) is 53.9 Å². The van der Waals surface area contributed by atoms with Crippen LogP contribution < -0.4 is 16.0 Å². The van der Waals surface area contributed by atoms with Gasteiger partial charge in [-0.3, -0.25) is 11.3 Å². The smallest absolute Gasteiger partial charge is 0.119 e. The summed E-state index contributed by atoms with van der Waals surface area (Å²) in [6, 6.07) is 11.5. The normalized spacial score (nSPS) is 12.2. The molecule has 2 aromatic rings. The summed E-state index contributed by atoms with van der Waals surface area (Å²) in [6.45, 7) is 0. The molecule has 0 radical (unpaired) electrons. The Morgan fingerprint density at radius 3 is 2.67 bits per heavy atom. The molecule has 3 N–H and O–H groups in total. The molecular weight excluding hydrogens is 419 g/mol. The van der Waals surface area contributed by atoms with Crippen molar-refractivity contribution in [2.75, 3.05) is 7.11 Å². The Hall–Kier alpha value is -0.590. The second kappa shape index (κ2) is 7.61. The highest BCUT2D eigenvalue weighted by Gasteiger charge is 2.16. The van der Waals surface area contributed by atoms with E-state index >= 15 is 0 Å². The zero-order valence-corrected chi connectivity index (χ0v) is 15.3. The molecule has 0 spiro atoms. The van der Waals surface area contributed by atoms with Crippen molar-refractivity contribution in [3.8, 4) is 5.75 Å². The van der Waals surface area contributed by atoms with E-state index in [0.717, 1.165) is 25.8 Å². The van der Waals surface area contributed by atoms with Crippen LogP contribution in [-0.4, -0.2) is 7.11 Å². The van der Waals surface area contributed by atoms with Gasteiger partial charge >= 0.3 is 0 Å².